The molecule has 26 heavy (non-hydrogen) atoms. The minimum absolute atomic E-state index is 0.0490. The van der Waals surface area contributed by atoms with E-state index in [-0.39, 0.29) is 11.8 Å². The molecule has 2 amide bonds. The van der Waals surface area contributed by atoms with Crippen LogP contribution >= 0.6 is 0 Å². The first-order chi connectivity index (χ1) is 12.7. The number of likely N-dealkylation sites (tertiary alicyclic amines) is 1. The topological polar surface area (TPSA) is 53.1 Å². The first kappa shape index (κ1) is 18.7. The number of benzene rings is 1. The van der Waals surface area contributed by atoms with Gasteiger partial charge in [0.15, 0.2) is 0 Å². The van der Waals surface area contributed by atoms with Crippen LogP contribution in [0.5, 0.6) is 5.75 Å². The summed E-state index contributed by atoms with van der Waals surface area (Å²) >= 11 is 0. The van der Waals surface area contributed by atoms with Crippen LogP contribution in [0.3, 0.4) is 0 Å². The molecule has 3 rings (SSSR count). The van der Waals surface area contributed by atoms with Gasteiger partial charge in [-0.15, -0.1) is 0 Å². The molecule has 0 atom stereocenters. The van der Waals surface area contributed by atoms with Gasteiger partial charge < -0.3 is 14.5 Å². The highest BCUT2D eigenvalue weighted by molar-refractivity contribution is 5.94. The van der Waals surface area contributed by atoms with Crippen molar-refractivity contribution in [2.24, 2.45) is 0 Å². The van der Waals surface area contributed by atoms with Crippen LogP contribution in [0.4, 0.5) is 0 Å². The summed E-state index contributed by atoms with van der Waals surface area (Å²) in [5.41, 5.74) is 0.665. The number of piperidine rings is 1. The van der Waals surface area contributed by atoms with Crippen LogP contribution in [0.2, 0.25) is 0 Å². The van der Waals surface area contributed by atoms with Crippen molar-refractivity contribution >= 4 is 11.8 Å². The van der Waals surface area contributed by atoms with E-state index in [4.69, 9.17) is 4.74 Å². The van der Waals surface area contributed by atoms with E-state index < -0.39 is 0 Å². The minimum atomic E-state index is 0.0490. The largest absolute Gasteiger partial charge is 0.497 e. The second-order valence-corrected chi connectivity index (χ2v) is 7.06. The van der Waals surface area contributed by atoms with E-state index in [1.807, 2.05) is 28.0 Å². The highest BCUT2D eigenvalue weighted by Crippen LogP contribution is 2.16. The molecule has 6 nitrogen and oxygen atoms in total. The van der Waals surface area contributed by atoms with E-state index in [0.29, 0.717) is 30.8 Å². The second kappa shape index (κ2) is 9.03. The number of nitrogens with zero attached hydrogens (tertiary/aromatic N) is 3. The molecule has 0 bridgehead atoms. The Kier molecular flexibility index (Phi) is 6.50. The Morgan fingerprint density at radius 2 is 1.69 bits per heavy atom. The number of piperazine rings is 1. The zero-order chi connectivity index (χ0) is 18.4. The fourth-order valence-electron chi connectivity index (χ4n) is 3.67. The molecule has 1 aromatic rings. The van der Waals surface area contributed by atoms with Crippen LogP contribution in [0.25, 0.3) is 0 Å². The molecule has 2 saturated heterocycles. The Balaban J connectivity index is 1.43. The molecule has 1 aromatic carbocycles. The molecule has 2 heterocycles. The molecule has 0 radical (unpaired) electrons. The van der Waals surface area contributed by atoms with Crippen LogP contribution in [0.15, 0.2) is 24.3 Å². The normalized spacial score (nSPS) is 18.7. The summed E-state index contributed by atoms with van der Waals surface area (Å²) in [7, 11) is 1.60. The molecular weight excluding hydrogens is 330 g/mol. The predicted octanol–water partition coefficient (Wildman–Crippen LogP) is 1.86. The van der Waals surface area contributed by atoms with Crippen molar-refractivity contribution in [2.45, 2.75) is 25.7 Å². The molecular formula is C20H29N3O3. The SMILES string of the molecule is COc1cccc(C(=O)N2CCN(CCC(=O)N3CCCCC3)CC2)c1. The third-order valence-corrected chi connectivity index (χ3v) is 5.33. The van der Waals surface area contributed by atoms with Crippen LogP contribution in [-0.4, -0.2) is 79.4 Å². The van der Waals surface area contributed by atoms with Crippen molar-refractivity contribution in [1.82, 2.24) is 14.7 Å². The summed E-state index contributed by atoms with van der Waals surface area (Å²) < 4.78 is 5.20. The van der Waals surface area contributed by atoms with Gasteiger partial charge in [0.2, 0.25) is 5.91 Å². The van der Waals surface area contributed by atoms with Gasteiger partial charge in [-0.25, -0.2) is 0 Å². The lowest BCUT2D eigenvalue weighted by Crippen LogP contribution is -2.49. The third kappa shape index (κ3) is 4.75. The zero-order valence-electron chi connectivity index (χ0n) is 15.7. The quantitative estimate of drug-likeness (QED) is 0.805. The lowest BCUT2D eigenvalue weighted by atomic mass is 10.1. The van der Waals surface area contributed by atoms with E-state index in [2.05, 4.69) is 4.90 Å². The van der Waals surface area contributed by atoms with Gasteiger partial charge in [0, 0.05) is 57.8 Å². The fourth-order valence-corrected chi connectivity index (χ4v) is 3.67. The molecule has 2 aliphatic rings. The number of rotatable bonds is 5. The molecule has 0 saturated carbocycles. The lowest BCUT2D eigenvalue weighted by Gasteiger charge is -2.35. The number of hydrogen-bond acceptors (Lipinski definition) is 4. The summed E-state index contributed by atoms with van der Waals surface area (Å²) in [6.07, 6.45) is 4.10. The Morgan fingerprint density at radius 1 is 0.962 bits per heavy atom. The number of carbonyl (C=O) groups is 2. The molecule has 0 aliphatic carbocycles. The van der Waals surface area contributed by atoms with Crippen molar-refractivity contribution in [3.05, 3.63) is 29.8 Å². The smallest absolute Gasteiger partial charge is 0.254 e. The second-order valence-electron chi connectivity index (χ2n) is 7.06. The maximum Gasteiger partial charge on any atom is 0.254 e. The van der Waals surface area contributed by atoms with E-state index in [9.17, 15) is 9.59 Å². The number of hydrogen-bond donors (Lipinski definition) is 0. The van der Waals surface area contributed by atoms with Gasteiger partial charge in [-0.05, 0) is 37.5 Å². The van der Waals surface area contributed by atoms with E-state index in [0.717, 1.165) is 45.6 Å². The molecule has 0 unspecified atom stereocenters. The van der Waals surface area contributed by atoms with Crippen LogP contribution in [0.1, 0.15) is 36.0 Å². The summed E-state index contributed by atoms with van der Waals surface area (Å²) in [4.78, 5) is 31.1. The molecule has 0 spiro atoms. The van der Waals surface area contributed by atoms with Crippen LogP contribution < -0.4 is 4.74 Å². The van der Waals surface area contributed by atoms with E-state index in [1.165, 1.54) is 6.42 Å². The van der Waals surface area contributed by atoms with E-state index in [1.54, 1.807) is 13.2 Å². The number of ether oxygens (including phenoxy) is 1. The van der Waals surface area contributed by atoms with Gasteiger partial charge in [0.1, 0.15) is 5.75 Å². The minimum Gasteiger partial charge on any atom is -0.497 e. The predicted molar refractivity (Wildman–Crippen MR) is 100 cm³/mol. The van der Waals surface area contributed by atoms with Gasteiger partial charge in [0.05, 0.1) is 7.11 Å². The van der Waals surface area contributed by atoms with Crippen molar-refractivity contribution in [3.63, 3.8) is 0 Å². The molecule has 142 valence electrons. The van der Waals surface area contributed by atoms with Crippen molar-refractivity contribution in [2.75, 3.05) is 52.9 Å². The van der Waals surface area contributed by atoms with E-state index >= 15 is 0 Å². The molecule has 6 heteroatoms. The van der Waals surface area contributed by atoms with Gasteiger partial charge >= 0.3 is 0 Å². The highest BCUT2D eigenvalue weighted by atomic mass is 16.5. The Bertz CT molecular complexity index is 620. The molecule has 0 N–H and O–H groups in total. The van der Waals surface area contributed by atoms with Crippen LogP contribution in [0, 0.1) is 0 Å². The van der Waals surface area contributed by atoms with Gasteiger partial charge in [0.25, 0.3) is 5.91 Å². The highest BCUT2D eigenvalue weighted by Gasteiger charge is 2.23. The van der Waals surface area contributed by atoms with Crippen LogP contribution in [-0.2, 0) is 4.79 Å². The fraction of sp³-hybridized carbons (Fsp3) is 0.600. The first-order valence-electron chi connectivity index (χ1n) is 9.61. The van der Waals surface area contributed by atoms with Gasteiger partial charge in [-0.1, -0.05) is 6.07 Å². The maximum atomic E-state index is 12.6. The van der Waals surface area contributed by atoms with Gasteiger partial charge in [-0.2, -0.15) is 0 Å². The summed E-state index contributed by atoms with van der Waals surface area (Å²) in [6.45, 7) is 5.67. The summed E-state index contributed by atoms with van der Waals surface area (Å²) in [5, 5.41) is 0. The average molecular weight is 359 g/mol. The molecule has 2 aliphatic heterocycles. The Morgan fingerprint density at radius 3 is 2.38 bits per heavy atom. The maximum absolute atomic E-state index is 12.6. The lowest BCUT2D eigenvalue weighted by molar-refractivity contribution is -0.132. The number of carbonyl (C=O) groups excluding carboxylic acids is 2. The summed E-state index contributed by atoms with van der Waals surface area (Å²) in [5.74, 6) is 1.03. The monoisotopic (exact) mass is 359 g/mol. The Labute approximate surface area is 155 Å². The average Bonchev–Trinajstić information content (AvgIpc) is 2.72. The Hall–Kier alpha value is -2.08. The molecule has 0 aromatic heterocycles. The zero-order valence-corrected chi connectivity index (χ0v) is 15.7. The third-order valence-electron chi connectivity index (χ3n) is 5.33. The summed E-state index contributed by atoms with van der Waals surface area (Å²) in [6, 6.07) is 7.29. The first-order valence-corrected chi connectivity index (χ1v) is 9.61. The van der Waals surface area contributed by atoms with Crippen molar-refractivity contribution in [3.8, 4) is 5.75 Å². The van der Waals surface area contributed by atoms with Crippen molar-refractivity contribution in [1.29, 1.82) is 0 Å². The number of amides is 2. The van der Waals surface area contributed by atoms with Crippen molar-refractivity contribution < 1.29 is 14.3 Å². The molecule has 2 fully saturated rings. The van der Waals surface area contributed by atoms with Gasteiger partial charge in [-0.3, -0.25) is 14.5 Å². The standard InChI is InChI=1S/C20H29N3O3/c1-26-18-7-5-6-17(16-18)20(25)23-14-12-21(13-15-23)11-8-19(24)22-9-3-2-4-10-22/h5-7,16H,2-4,8-15H2,1H3. The number of methoxy groups -OCH3 is 1.